The number of sulfonamides is 1. The maximum Gasteiger partial charge on any atom is 0.253 e. The Hall–Kier alpha value is -2.09. The highest BCUT2D eigenvalue weighted by Gasteiger charge is 2.30. The molecule has 4 rings (SSSR count). The first kappa shape index (κ1) is 20.2. The number of ether oxygens (including phenoxy) is 1. The van der Waals surface area contributed by atoms with Gasteiger partial charge in [0.25, 0.3) is 5.91 Å². The minimum atomic E-state index is -3.62. The molecular formula is C21H23ClN2O4S. The molecule has 0 bridgehead atoms. The molecule has 2 fully saturated rings. The van der Waals surface area contributed by atoms with Gasteiger partial charge >= 0.3 is 0 Å². The molecule has 0 spiro atoms. The molecule has 1 saturated heterocycles. The topological polar surface area (TPSA) is 66.9 Å². The number of amides is 1. The number of rotatable bonds is 6. The summed E-state index contributed by atoms with van der Waals surface area (Å²) in [6, 6.07) is 13.4. The number of hydrogen-bond donors (Lipinski definition) is 0. The minimum Gasteiger partial charge on any atom is -0.493 e. The fourth-order valence-corrected chi connectivity index (χ4v) is 5.01. The van der Waals surface area contributed by atoms with E-state index in [0.717, 1.165) is 12.4 Å². The number of hydrogen-bond acceptors (Lipinski definition) is 4. The van der Waals surface area contributed by atoms with E-state index in [9.17, 15) is 13.2 Å². The third-order valence-corrected chi connectivity index (χ3v) is 7.37. The molecule has 154 valence electrons. The second kappa shape index (κ2) is 8.34. The van der Waals surface area contributed by atoms with Crippen molar-refractivity contribution in [3.8, 4) is 5.75 Å². The van der Waals surface area contributed by atoms with Crippen LogP contribution in [0.2, 0.25) is 5.02 Å². The molecule has 6 nitrogen and oxygen atoms in total. The Morgan fingerprint density at radius 1 is 1.03 bits per heavy atom. The maximum atomic E-state index is 12.8. The van der Waals surface area contributed by atoms with Gasteiger partial charge in [-0.05, 0) is 61.2 Å². The van der Waals surface area contributed by atoms with Gasteiger partial charge in [-0.2, -0.15) is 4.31 Å². The van der Waals surface area contributed by atoms with Crippen molar-refractivity contribution in [2.75, 3.05) is 32.8 Å². The first-order chi connectivity index (χ1) is 13.9. The van der Waals surface area contributed by atoms with Crippen LogP contribution in [0.4, 0.5) is 0 Å². The first-order valence-corrected chi connectivity index (χ1v) is 11.5. The highest BCUT2D eigenvalue weighted by molar-refractivity contribution is 7.89. The summed E-state index contributed by atoms with van der Waals surface area (Å²) in [5.74, 6) is 1.35. The van der Waals surface area contributed by atoms with Crippen LogP contribution in [0.15, 0.2) is 53.4 Å². The summed E-state index contributed by atoms with van der Waals surface area (Å²) in [4.78, 5) is 14.6. The van der Waals surface area contributed by atoms with Gasteiger partial charge in [-0.25, -0.2) is 8.42 Å². The van der Waals surface area contributed by atoms with Gasteiger partial charge in [0.15, 0.2) is 0 Å². The van der Waals surface area contributed by atoms with Gasteiger partial charge in [0.2, 0.25) is 10.0 Å². The van der Waals surface area contributed by atoms with Crippen LogP contribution in [0.3, 0.4) is 0 Å². The van der Waals surface area contributed by atoms with E-state index < -0.39 is 10.0 Å². The van der Waals surface area contributed by atoms with E-state index in [1.165, 1.54) is 29.3 Å². The summed E-state index contributed by atoms with van der Waals surface area (Å²) in [5.41, 5.74) is 0.579. The van der Waals surface area contributed by atoms with Crippen LogP contribution in [0.5, 0.6) is 5.75 Å². The monoisotopic (exact) mass is 434 g/mol. The van der Waals surface area contributed by atoms with Crippen LogP contribution in [0.25, 0.3) is 0 Å². The second-order valence-corrected chi connectivity index (χ2v) is 9.81. The maximum absolute atomic E-state index is 12.8. The van der Waals surface area contributed by atoms with Crippen LogP contribution in [-0.4, -0.2) is 56.3 Å². The van der Waals surface area contributed by atoms with Crippen LogP contribution in [-0.2, 0) is 10.0 Å². The predicted molar refractivity (Wildman–Crippen MR) is 111 cm³/mol. The summed E-state index contributed by atoms with van der Waals surface area (Å²) in [7, 11) is -3.62. The van der Waals surface area contributed by atoms with E-state index in [2.05, 4.69) is 0 Å². The summed E-state index contributed by atoms with van der Waals surface area (Å²) < 4.78 is 32.7. The van der Waals surface area contributed by atoms with Gasteiger partial charge in [-0.3, -0.25) is 4.79 Å². The van der Waals surface area contributed by atoms with Crippen molar-refractivity contribution >= 4 is 27.5 Å². The van der Waals surface area contributed by atoms with Crippen LogP contribution in [0.1, 0.15) is 23.2 Å². The Morgan fingerprint density at radius 2 is 1.72 bits per heavy atom. The number of piperazine rings is 1. The van der Waals surface area contributed by atoms with Crippen molar-refractivity contribution in [3.05, 3.63) is 59.1 Å². The van der Waals surface area contributed by atoms with Gasteiger partial charge in [0.05, 0.1) is 11.5 Å². The lowest BCUT2D eigenvalue weighted by molar-refractivity contribution is 0.0698. The zero-order chi connectivity index (χ0) is 20.4. The number of halogens is 1. The van der Waals surface area contributed by atoms with Gasteiger partial charge in [-0.15, -0.1) is 0 Å². The predicted octanol–water partition coefficient (Wildman–Crippen LogP) is 3.28. The molecule has 1 aliphatic heterocycles. The van der Waals surface area contributed by atoms with Gasteiger partial charge in [-0.1, -0.05) is 17.7 Å². The molecule has 1 heterocycles. The van der Waals surface area contributed by atoms with Crippen molar-refractivity contribution in [3.63, 3.8) is 0 Å². The highest BCUT2D eigenvalue weighted by atomic mass is 35.5. The molecule has 0 unspecified atom stereocenters. The van der Waals surface area contributed by atoms with E-state index in [1.807, 2.05) is 12.1 Å². The molecule has 0 N–H and O–H groups in total. The molecule has 0 atom stereocenters. The third-order valence-electron chi connectivity index (χ3n) is 5.24. The number of carbonyl (C=O) groups is 1. The van der Waals surface area contributed by atoms with Gasteiger partial charge < -0.3 is 9.64 Å². The Morgan fingerprint density at radius 3 is 2.34 bits per heavy atom. The molecule has 0 radical (unpaired) electrons. The molecule has 1 aliphatic carbocycles. The Balaban J connectivity index is 1.35. The molecule has 1 amide bonds. The smallest absolute Gasteiger partial charge is 0.253 e. The van der Waals surface area contributed by atoms with Crippen LogP contribution in [0, 0.1) is 5.92 Å². The second-order valence-electron chi connectivity index (χ2n) is 7.43. The molecule has 1 saturated carbocycles. The minimum absolute atomic E-state index is 0.0986. The van der Waals surface area contributed by atoms with Crippen LogP contribution >= 0.6 is 11.6 Å². The fraction of sp³-hybridized carbons (Fsp3) is 0.381. The molecule has 29 heavy (non-hydrogen) atoms. The van der Waals surface area contributed by atoms with E-state index in [-0.39, 0.29) is 23.9 Å². The zero-order valence-corrected chi connectivity index (χ0v) is 17.5. The lowest BCUT2D eigenvalue weighted by Crippen LogP contribution is -2.50. The SMILES string of the molecule is O=C(c1ccc(OCC2CC2)cc1)N1CCN(S(=O)(=O)c2cccc(Cl)c2)CC1. The summed E-state index contributed by atoms with van der Waals surface area (Å²) >= 11 is 5.93. The molecular weight excluding hydrogens is 412 g/mol. The third kappa shape index (κ3) is 4.74. The highest BCUT2D eigenvalue weighted by Crippen LogP contribution is 2.29. The van der Waals surface area contributed by atoms with E-state index in [1.54, 1.807) is 29.2 Å². The summed E-state index contributed by atoms with van der Waals surface area (Å²) in [5, 5.41) is 0.379. The summed E-state index contributed by atoms with van der Waals surface area (Å²) in [6.07, 6.45) is 2.46. The summed E-state index contributed by atoms with van der Waals surface area (Å²) in [6.45, 7) is 1.93. The van der Waals surface area contributed by atoms with Crippen LogP contribution < -0.4 is 4.74 Å². The van der Waals surface area contributed by atoms with Gasteiger partial charge in [0, 0.05) is 36.8 Å². The molecule has 0 aromatic heterocycles. The molecule has 2 aromatic carbocycles. The first-order valence-electron chi connectivity index (χ1n) is 9.71. The van der Waals surface area contributed by atoms with E-state index >= 15 is 0 Å². The lowest BCUT2D eigenvalue weighted by atomic mass is 10.2. The quantitative estimate of drug-likeness (QED) is 0.699. The Kier molecular flexibility index (Phi) is 5.81. The number of carbonyl (C=O) groups excluding carboxylic acids is 1. The standard InChI is InChI=1S/C21H23ClN2O4S/c22-18-2-1-3-20(14-18)29(26,27)24-12-10-23(11-13-24)21(25)17-6-8-19(9-7-17)28-15-16-4-5-16/h1-3,6-9,14,16H,4-5,10-13,15H2. The largest absolute Gasteiger partial charge is 0.493 e. The average molecular weight is 435 g/mol. The lowest BCUT2D eigenvalue weighted by Gasteiger charge is -2.34. The van der Waals surface area contributed by atoms with E-state index in [0.29, 0.717) is 29.6 Å². The van der Waals surface area contributed by atoms with Crippen molar-refractivity contribution in [2.24, 2.45) is 5.92 Å². The Bertz CT molecular complexity index is 982. The van der Waals surface area contributed by atoms with Crippen molar-refractivity contribution in [1.82, 2.24) is 9.21 Å². The van der Waals surface area contributed by atoms with Crippen molar-refractivity contribution in [2.45, 2.75) is 17.7 Å². The van der Waals surface area contributed by atoms with Crippen molar-refractivity contribution < 1.29 is 17.9 Å². The van der Waals surface area contributed by atoms with E-state index in [4.69, 9.17) is 16.3 Å². The molecule has 8 heteroatoms. The average Bonchev–Trinajstić information content (AvgIpc) is 3.57. The zero-order valence-electron chi connectivity index (χ0n) is 16.0. The fourth-order valence-electron chi connectivity index (χ4n) is 3.28. The normalized spacial score (nSPS) is 17.9. The van der Waals surface area contributed by atoms with Crippen molar-refractivity contribution in [1.29, 1.82) is 0 Å². The number of nitrogens with zero attached hydrogens (tertiary/aromatic N) is 2. The molecule has 2 aromatic rings. The van der Waals surface area contributed by atoms with Gasteiger partial charge in [0.1, 0.15) is 5.75 Å². The molecule has 2 aliphatic rings. The number of benzene rings is 2. The Labute approximate surface area is 176 Å².